The van der Waals surface area contributed by atoms with E-state index < -0.39 is 0 Å². The van der Waals surface area contributed by atoms with Crippen molar-refractivity contribution in [2.24, 2.45) is 11.8 Å². The molecule has 1 saturated carbocycles. The number of methoxy groups -OCH3 is 1. The molecule has 126 valence electrons. The molecule has 1 N–H and O–H groups in total. The van der Waals surface area contributed by atoms with E-state index in [1.165, 1.54) is 44.2 Å². The molecule has 0 radical (unpaired) electrons. The lowest BCUT2D eigenvalue weighted by molar-refractivity contribution is 0.115. The smallest absolute Gasteiger partial charge is 0.256 e. The first kappa shape index (κ1) is 15.4. The zero-order valence-electron chi connectivity index (χ0n) is 14.1. The molecule has 3 heterocycles. The van der Waals surface area contributed by atoms with Gasteiger partial charge in [-0.1, -0.05) is 19.3 Å². The fourth-order valence-corrected chi connectivity index (χ4v) is 5.26. The fraction of sp³-hybridized carbons (Fsp3) is 0.737. The highest BCUT2D eigenvalue weighted by Gasteiger charge is 2.41. The molecule has 23 heavy (non-hydrogen) atoms. The molecule has 4 heteroatoms. The number of piperidine rings is 1. The van der Waals surface area contributed by atoms with Crippen molar-refractivity contribution >= 4 is 0 Å². The summed E-state index contributed by atoms with van der Waals surface area (Å²) < 4.78 is 7.45. The molecule has 3 atom stereocenters. The van der Waals surface area contributed by atoms with Crippen molar-refractivity contribution in [1.29, 1.82) is 0 Å². The second kappa shape index (κ2) is 6.40. The van der Waals surface area contributed by atoms with Crippen LogP contribution in [0.1, 0.15) is 61.7 Å². The first-order valence-electron chi connectivity index (χ1n) is 9.23. The van der Waals surface area contributed by atoms with Gasteiger partial charge in [0.05, 0.1) is 6.61 Å². The van der Waals surface area contributed by atoms with Gasteiger partial charge in [0.15, 0.2) is 0 Å². The van der Waals surface area contributed by atoms with Crippen LogP contribution in [0.25, 0.3) is 0 Å². The molecule has 1 saturated heterocycles. The average Bonchev–Trinajstić information content (AvgIpc) is 2.59. The summed E-state index contributed by atoms with van der Waals surface area (Å²) in [4.78, 5) is 13.2. The largest absolute Gasteiger partial charge is 0.380 e. The number of nitrogens with zero attached hydrogens (tertiary/aromatic N) is 1. The summed E-state index contributed by atoms with van der Waals surface area (Å²) in [5.74, 6) is 1.78. The highest BCUT2D eigenvalue weighted by Crippen LogP contribution is 2.45. The van der Waals surface area contributed by atoms with Gasteiger partial charge in [-0.05, 0) is 49.8 Å². The third kappa shape index (κ3) is 2.66. The van der Waals surface area contributed by atoms with Crippen LogP contribution in [0.2, 0.25) is 0 Å². The van der Waals surface area contributed by atoms with E-state index in [2.05, 4.69) is 16.0 Å². The van der Waals surface area contributed by atoms with Crippen molar-refractivity contribution in [2.45, 2.75) is 57.1 Å². The number of pyridine rings is 1. The Morgan fingerprint density at radius 2 is 2.00 bits per heavy atom. The van der Waals surface area contributed by atoms with Crippen molar-refractivity contribution in [2.75, 3.05) is 20.2 Å². The minimum absolute atomic E-state index is 0.205. The lowest BCUT2D eigenvalue weighted by Crippen LogP contribution is -2.50. The molecule has 0 amide bonds. The third-order valence-corrected chi connectivity index (χ3v) is 6.24. The van der Waals surface area contributed by atoms with Gasteiger partial charge in [-0.15, -0.1) is 0 Å². The van der Waals surface area contributed by atoms with E-state index in [0.29, 0.717) is 30.4 Å². The summed E-state index contributed by atoms with van der Waals surface area (Å²) in [5, 5.41) is 3.62. The van der Waals surface area contributed by atoms with Gasteiger partial charge < -0.3 is 14.6 Å². The van der Waals surface area contributed by atoms with Crippen LogP contribution in [0.5, 0.6) is 0 Å². The Kier molecular flexibility index (Phi) is 4.29. The zero-order valence-corrected chi connectivity index (χ0v) is 14.1. The molecule has 4 rings (SSSR count). The van der Waals surface area contributed by atoms with Crippen molar-refractivity contribution < 1.29 is 4.74 Å². The Morgan fingerprint density at radius 1 is 1.17 bits per heavy atom. The summed E-state index contributed by atoms with van der Waals surface area (Å²) in [7, 11) is 1.67. The van der Waals surface area contributed by atoms with Gasteiger partial charge in [0.2, 0.25) is 0 Å². The molecular formula is C19H28N2O2. The van der Waals surface area contributed by atoms with Crippen LogP contribution in [0, 0.1) is 11.8 Å². The van der Waals surface area contributed by atoms with Crippen LogP contribution in [0.15, 0.2) is 16.9 Å². The lowest BCUT2D eigenvalue weighted by Gasteiger charge is -2.47. The Bertz CT molecular complexity index is 618. The third-order valence-electron chi connectivity index (χ3n) is 6.24. The predicted octanol–water partition coefficient (Wildman–Crippen LogP) is 2.82. The minimum Gasteiger partial charge on any atom is -0.380 e. The van der Waals surface area contributed by atoms with E-state index in [4.69, 9.17) is 4.74 Å². The van der Waals surface area contributed by atoms with Gasteiger partial charge in [-0.2, -0.15) is 0 Å². The number of hydrogen-bond acceptors (Lipinski definition) is 3. The van der Waals surface area contributed by atoms with E-state index in [1.807, 2.05) is 6.07 Å². The number of aromatic nitrogens is 1. The summed E-state index contributed by atoms with van der Waals surface area (Å²) in [5.41, 5.74) is 2.27. The normalized spacial score (nSPS) is 30.9. The van der Waals surface area contributed by atoms with E-state index in [0.717, 1.165) is 18.7 Å². The van der Waals surface area contributed by atoms with Crippen molar-refractivity contribution in [3.05, 3.63) is 33.7 Å². The maximum atomic E-state index is 13.2. The standard InChI is InChI=1S/C19H28N2O2/c1-23-12-14-7-8-17-15-9-16(11-20-10-15)18(21(17)19(14)22)13-5-3-2-4-6-13/h7-8,13,15-16,18,20H,2-6,9-12H2,1H3/t15-,16+,18?/m1/s1. The van der Waals surface area contributed by atoms with Crippen LogP contribution in [0.3, 0.4) is 0 Å². The molecule has 1 aromatic rings. The number of rotatable bonds is 3. The highest BCUT2D eigenvalue weighted by atomic mass is 16.5. The Labute approximate surface area is 138 Å². The Morgan fingerprint density at radius 3 is 2.78 bits per heavy atom. The van der Waals surface area contributed by atoms with Crippen molar-refractivity contribution in [3.8, 4) is 0 Å². The summed E-state index contributed by atoms with van der Waals surface area (Å²) in [6.07, 6.45) is 7.83. The molecule has 1 unspecified atom stereocenters. The topological polar surface area (TPSA) is 43.3 Å². The second-order valence-corrected chi connectivity index (χ2v) is 7.63. The fourth-order valence-electron chi connectivity index (χ4n) is 5.26. The maximum absolute atomic E-state index is 13.2. The van der Waals surface area contributed by atoms with Crippen molar-refractivity contribution in [3.63, 3.8) is 0 Å². The number of hydrogen-bond donors (Lipinski definition) is 1. The lowest BCUT2D eigenvalue weighted by atomic mass is 9.71. The van der Waals surface area contributed by atoms with E-state index >= 15 is 0 Å². The van der Waals surface area contributed by atoms with Crippen LogP contribution in [-0.2, 0) is 11.3 Å². The summed E-state index contributed by atoms with van der Waals surface area (Å²) >= 11 is 0. The number of fused-ring (bicyclic) bond motifs is 4. The molecule has 2 aliphatic heterocycles. The van der Waals surface area contributed by atoms with Gasteiger partial charge in [-0.3, -0.25) is 4.79 Å². The highest BCUT2D eigenvalue weighted by molar-refractivity contribution is 5.24. The minimum atomic E-state index is 0.205. The number of ether oxygens (including phenoxy) is 1. The Hall–Kier alpha value is -1.13. The van der Waals surface area contributed by atoms with Crippen molar-refractivity contribution in [1.82, 2.24) is 9.88 Å². The molecule has 0 spiro atoms. The van der Waals surface area contributed by atoms with Gasteiger partial charge in [0.25, 0.3) is 5.56 Å². The van der Waals surface area contributed by atoms with Gasteiger partial charge in [-0.25, -0.2) is 0 Å². The van der Waals surface area contributed by atoms with Crippen LogP contribution in [-0.4, -0.2) is 24.8 Å². The second-order valence-electron chi connectivity index (χ2n) is 7.63. The number of nitrogens with one attached hydrogen (secondary N) is 1. The SMILES string of the molecule is COCc1ccc2n(c1=O)C(C1CCCCC1)[C@@H]1CNC[C@H]2C1. The summed E-state index contributed by atoms with van der Waals surface area (Å²) in [6, 6.07) is 4.57. The first-order valence-corrected chi connectivity index (χ1v) is 9.23. The average molecular weight is 316 g/mol. The van der Waals surface area contributed by atoms with Crippen LogP contribution < -0.4 is 10.9 Å². The first-order chi connectivity index (χ1) is 11.3. The summed E-state index contributed by atoms with van der Waals surface area (Å²) in [6.45, 7) is 2.50. The predicted molar refractivity (Wildman–Crippen MR) is 90.7 cm³/mol. The monoisotopic (exact) mass is 316 g/mol. The Balaban J connectivity index is 1.81. The molecule has 2 fully saturated rings. The molecule has 1 aliphatic carbocycles. The van der Waals surface area contributed by atoms with E-state index in [-0.39, 0.29) is 5.56 Å². The van der Waals surface area contributed by atoms with Crippen LogP contribution >= 0.6 is 0 Å². The zero-order chi connectivity index (χ0) is 15.8. The van der Waals surface area contributed by atoms with Gasteiger partial charge >= 0.3 is 0 Å². The van der Waals surface area contributed by atoms with E-state index in [1.54, 1.807) is 7.11 Å². The molecule has 0 aromatic carbocycles. The molecule has 1 aromatic heterocycles. The molecule has 2 bridgehead atoms. The maximum Gasteiger partial charge on any atom is 0.256 e. The molecule has 3 aliphatic rings. The molecule has 4 nitrogen and oxygen atoms in total. The quantitative estimate of drug-likeness (QED) is 0.932. The van der Waals surface area contributed by atoms with Gasteiger partial charge in [0.1, 0.15) is 0 Å². The van der Waals surface area contributed by atoms with Gasteiger partial charge in [0, 0.05) is 36.9 Å². The van der Waals surface area contributed by atoms with Crippen LogP contribution in [0.4, 0.5) is 0 Å². The van der Waals surface area contributed by atoms with E-state index in [9.17, 15) is 4.79 Å². The molecular weight excluding hydrogens is 288 g/mol.